The normalized spacial score (nSPS) is 18.5. The van der Waals surface area contributed by atoms with Gasteiger partial charge in [0.1, 0.15) is 11.5 Å². The molecule has 1 N–H and O–H groups in total. The summed E-state index contributed by atoms with van der Waals surface area (Å²) in [5, 5.41) is 9.91. The number of rotatable bonds is 2. The zero-order chi connectivity index (χ0) is 10.8. The van der Waals surface area contributed by atoms with E-state index >= 15 is 0 Å². The summed E-state index contributed by atoms with van der Waals surface area (Å²) in [5.74, 6) is 1.48. The molecule has 1 aromatic carbocycles. The van der Waals surface area contributed by atoms with E-state index in [1.165, 1.54) is 0 Å². The molecule has 3 nitrogen and oxygen atoms in total. The first-order valence-electron chi connectivity index (χ1n) is 4.87. The Morgan fingerprint density at radius 1 is 1.20 bits per heavy atom. The lowest BCUT2D eigenvalue weighted by molar-refractivity contribution is 0.175. The van der Waals surface area contributed by atoms with E-state index in [1.807, 2.05) is 24.3 Å². The van der Waals surface area contributed by atoms with E-state index in [9.17, 15) is 5.11 Å². The molecule has 1 aromatic rings. The highest BCUT2D eigenvalue weighted by Crippen LogP contribution is 2.39. The second-order valence-corrected chi connectivity index (χ2v) is 3.45. The molecule has 0 unspecified atom stereocenters. The van der Waals surface area contributed by atoms with Crippen LogP contribution in [-0.2, 0) is 0 Å². The van der Waals surface area contributed by atoms with Gasteiger partial charge in [0.2, 0.25) is 0 Å². The van der Waals surface area contributed by atoms with Crippen LogP contribution >= 0.6 is 0 Å². The summed E-state index contributed by atoms with van der Waals surface area (Å²) in [6, 6.07) is 3.67. The van der Waals surface area contributed by atoms with E-state index in [-0.39, 0.29) is 0 Å². The van der Waals surface area contributed by atoms with Crippen LogP contribution in [0.15, 0.2) is 18.2 Å². The van der Waals surface area contributed by atoms with Crippen molar-refractivity contribution < 1.29 is 14.6 Å². The summed E-state index contributed by atoms with van der Waals surface area (Å²) in [5.41, 5.74) is 1.73. The van der Waals surface area contributed by atoms with Crippen LogP contribution in [0.25, 0.3) is 6.08 Å². The van der Waals surface area contributed by atoms with Crippen molar-refractivity contribution in [2.45, 2.75) is 12.5 Å². The highest BCUT2D eigenvalue weighted by atomic mass is 16.5. The van der Waals surface area contributed by atoms with Crippen LogP contribution in [0.2, 0.25) is 0 Å². The third kappa shape index (κ3) is 1.59. The van der Waals surface area contributed by atoms with Crippen LogP contribution in [-0.4, -0.2) is 19.3 Å². The topological polar surface area (TPSA) is 38.7 Å². The summed E-state index contributed by atoms with van der Waals surface area (Å²) in [6.45, 7) is 0. The van der Waals surface area contributed by atoms with Gasteiger partial charge in [-0.05, 0) is 18.6 Å². The predicted octanol–water partition coefficient (Wildman–Crippen LogP) is 2.15. The standard InChI is InChI=1S/C12H14O3/c1-14-10-6-7-11(15-2)12-8(10)4-3-5-9(12)13/h3-4,6-7,9,13H,5H2,1-2H3/t9-/m0/s1. The van der Waals surface area contributed by atoms with Gasteiger partial charge >= 0.3 is 0 Å². The van der Waals surface area contributed by atoms with Gasteiger partial charge in [-0.25, -0.2) is 0 Å². The lowest BCUT2D eigenvalue weighted by atomic mass is 9.93. The summed E-state index contributed by atoms with van der Waals surface area (Å²) >= 11 is 0. The van der Waals surface area contributed by atoms with Crippen molar-refractivity contribution >= 4 is 6.08 Å². The van der Waals surface area contributed by atoms with Crippen LogP contribution in [0.3, 0.4) is 0 Å². The zero-order valence-electron chi connectivity index (χ0n) is 8.86. The summed E-state index contributed by atoms with van der Waals surface area (Å²) < 4.78 is 10.5. The Hall–Kier alpha value is -1.48. The second-order valence-electron chi connectivity index (χ2n) is 3.45. The third-order valence-electron chi connectivity index (χ3n) is 2.62. The largest absolute Gasteiger partial charge is 0.496 e. The van der Waals surface area contributed by atoms with Gasteiger partial charge in [0.05, 0.1) is 20.3 Å². The van der Waals surface area contributed by atoms with Crippen molar-refractivity contribution in [3.63, 3.8) is 0 Å². The maximum absolute atomic E-state index is 9.91. The Bertz CT molecular complexity index is 396. The van der Waals surface area contributed by atoms with Crippen LogP contribution in [0, 0.1) is 0 Å². The van der Waals surface area contributed by atoms with Crippen molar-refractivity contribution in [3.8, 4) is 11.5 Å². The zero-order valence-corrected chi connectivity index (χ0v) is 8.86. The molecule has 3 heteroatoms. The lowest BCUT2D eigenvalue weighted by Gasteiger charge is -2.21. The van der Waals surface area contributed by atoms with E-state index in [2.05, 4.69) is 0 Å². The molecule has 80 valence electrons. The molecular formula is C12H14O3. The Balaban J connectivity index is 2.63. The molecular weight excluding hydrogens is 192 g/mol. The molecule has 0 radical (unpaired) electrons. The quantitative estimate of drug-likeness (QED) is 0.805. The fraction of sp³-hybridized carbons (Fsp3) is 0.333. The van der Waals surface area contributed by atoms with E-state index in [1.54, 1.807) is 14.2 Å². The predicted molar refractivity (Wildman–Crippen MR) is 58.2 cm³/mol. The summed E-state index contributed by atoms with van der Waals surface area (Å²) in [7, 11) is 3.23. The number of aliphatic hydroxyl groups is 1. The minimum absolute atomic E-state index is 0.505. The van der Waals surface area contributed by atoms with Gasteiger partial charge in [0.25, 0.3) is 0 Å². The van der Waals surface area contributed by atoms with Crippen molar-refractivity contribution in [2.75, 3.05) is 14.2 Å². The first-order chi connectivity index (χ1) is 7.27. The molecule has 0 bridgehead atoms. The monoisotopic (exact) mass is 206 g/mol. The Morgan fingerprint density at radius 3 is 2.53 bits per heavy atom. The van der Waals surface area contributed by atoms with Crippen LogP contribution in [0.5, 0.6) is 11.5 Å². The van der Waals surface area contributed by atoms with Gasteiger partial charge in [-0.1, -0.05) is 12.2 Å². The van der Waals surface area contributed by atoms with Gasteiger partial charge in [0, 0.05) is 11.1 Å². The van der Waals surface area contributed by atoms with Crippen LogP contribution in [0.1, 0.15) is 23.7 Å². The summed E-state index contributed by atoms with van der Waals surface area (Å²) in [4.78, 5) is 0. The van der Waals surface area contributed by atoms with Gasteiger partial charge in [0.15, 0.2) is 0 Å². The number of hydrogen-bond donors (Lipinski definition) is 1. The molecule has 1 aliphatic carbocycles. The van der Waals surface area contributed by atoms with Crippen molar-refractivity contribution in [2.24, 2.45) is 0 Å². The fourth-order valence-corrected chi connectivity index (χ4v) is 1.90. The van der Waals surface area contributed by atoms with Crippen molar-refractivity contribution in [1.29, 1.82) is 0 Å². The molecule has 0 aromatic heterocycles. The van der Waals surface area contributed by atoms with E-state index in [0.29, 0.717) is 12.2 Å². The highest BCUT2D eigenvalue weighted by Gasteiger charge is 2.21. The molecule has 2 rings (SSSR count). The second kappa shape index (κ2) is 3.95. The molecule has 0 saturated heterocycles. The first-order valence-corrected chi connectivity index (χ1v) is 4.87. The molecule has 1 aliphatic rings. The maximum atomic E-state index is 9.91. The number of aliphatic hydroxyl groups excluding tert-OH is 1. The van der Waals surface area contributed by atoms with E-state index in [4.69, 9.17) is 9.47 Å². The smallest absolute Gasteiger partial charge is 0.126 e. The lowest BCUT2D eigenvalue weighted by Crippen LogP contribution is -2.06. The average molecular weight is 206 g/mol. The minimum atomic E-state index is -0.505. The van der Waals surface area contributed by atoms with Crippen LogP contribution in [0.4, 0.5) is 0 Å². The number of ether oxygens (including phenoxy) is 2. The minimum Gasteiger partial charge on any atom is -0.496 e. The molecule has 0 aliphatic heterocycles. The Morgan fingerprint density at radius 2 is 1.87 bits per heavy atom. The number of hydrogen-bond acceptors (Lipinski definition) is 3. The molecule has 0 amide bonds. The third-order valence-corrected chi connectivity index (χ3v) is 2.62. The SMILES string of the molecule is COc1ccc(OC)c2c1C=CC[C@@H]2O. The van der Waals surface area contributed by atoms with Crippen molar-refractivity contribution in [3.05, 3.63) is 29.3 Å². The van der Waals surface area contributed by atoms with Crippen LogP contribution < -0.4 is 9.47 Å². The molecule has 0 saturated carbocycles. The fourth-order valence-electron chi connectivity index (χ4n) is 1.90. The van der Waals surface area contributed by atoms with Gasteiger partial charge < -0.3 is 14.6 Å². The van der Waals surface area contributed by atoms with Gasteiger partial charge in [-0.2, -0.15) is 0 Å². The summed E-state index contributed by atoms with van der Waals surface area (Å²) in [6.07, 6.45) is 4.02. The number of methoxy groups -OCH3 is 2. The Kier molecular flexibility index (Phi) is 2.64. The Labute approximate surface area is 88.9 Å². The molecule has 0 heterocycles. The van der Waals surface area contributed by atoms with E-state index < -0.39 is 6.10 Å². The number of fused-ring (bicyclic) bond motifs is 1. The van der Waals surface area contributed by atoms with Gasteiger partial charge in [-0.15, -0.1) is 0 Å². The van der Waals surface area contributed by atoms with E-state index in [0.717, 1.165) is 16.9 Å². The molecule has 0 spiro atoms. The number of benzene rings is 1. The highest BCUT2D eigenvalue weighted by molar-refractivity contribution is 5.67. The molecule has 15 heavy (non-hydrogen) atoms. The molecule has 1 atom stereocenters. The molecule has 0 fully saturated rings. The maximum Gasteiger partial charge on any atom is 0.126 e. The average Bonchev–Trinajstić information content (AvgIpc) is 2.28. The van der Waals surface area contributed by atoms with Crippen molar-refractivity contribution in [1.82, 2.24) is 0 Å². The van der Waals surface area contributed by atoms with Gasteiger partial charge in [-0.3, -0.25) is 0 Å². The first kappa shape index (κ1) is 10.1.